The summed E-state index contributed by atoms with van der Waals surface area (Å²) in [6.07, 6.45) is -3.12. The molecule has 0 amide bonds. The number of hydrogen-bond acceptors (Lipinski definition) is 8. The van der Waals surface area contributed by atoms with E-state index in [1.807, 2.05) is 30.3 Å². The topological polar surface area (TPSA) is 161 Å². The molecule has 26 heavy (non-hydrogen) atoms. The van der Waals surface area contributed by atoms with Gasteiger partial charge >= 0.3 is 0 Å². The zero-order chi connectivity index (χ0) is 18.7. The molecule has 1 saturated heterocycles. The smallest absolute Gasteiger partial charge is 0.192 e. The molecule has 7 N–H and O–H groups in total. The lowest BCUT2D eigenvalue weighted by Crippen LogP contribution is -2.33. The van der Waals surface area contributed by atoms with Gasteiger partial charge in [-0.3, -0.25) is 4.57 Å². The predicted octanol–water partition coefficient (Wildman–Crippen LogP) is -1.09. The van der Waals surface area contributed by atoms with Gasteiger partial charge in [0, 0.05) is 0 Å². The largest absolute Gasteiger partial charge is 0.394 e. The van der Waals surface area contributed by atoms with Crippen molar-refractivity contribution in [1.82, 2.24) is 9.55 Å². The molecule has 10 nitrogen and oxygen atoms in total. The lowest BCUT2D eigenvalue weighted by molar-refractivity contribution is -0.0518. The SMILES string of the molecule is N/C(=N\OCc1ccccc1)c1ncn(C2OC(CO)C(O)C2O)c1N. The van der Waals surface area contributed by atoms with Gasteiger partial charge in [0.15, 0.2) is 17.8 Å². The van der Waals surface area contributed by atoms with Crippen molar-refractivity contribution in [2.75, 3.05) is 12.3 Å². The van der Waals surface area contributed by atoms with Crippen LogP contribution >= 0.6 is 0 Å². The fraction of sp³-hybridized carbons (Fsp3) is 0.375. The summed E-state index contributed by atoms with van der Waals surface area (Å²) in [5.74, 6) is 0.0494. The van der Waals surface area contributed by atoms with Gasteiger partial charge in [-0.15, -0.1) is 0 Å². The van der Waals surface area contributed by atoms with Gasteiger partial charge in [-0.25, -0.2) is 4.98 Å². The Bertz CT molecular complexity index is 766. The van der Waals surface area contributed by atoms with Crippen LogP contribution in [-0.4, -0.2) is 55.6 Å². The third-order valence-corrected chi connectivity index (χ3v) is 4.10. The number of nitrogen functional groups attached to an aromatic ring is 1. The Balaban J connectivity index is 1.71. The predicted molar refractivity (Wildman–Crippen MR) is 91.6 cm³/mol. The molecule has 4 unspecified atom stereocenters. The summed E-state index contributed by atoms with van der Waals surface area (Å²) < 4.78 is 6.73. The number of aliphatic hydroxyl groups is 3. The molecular weight excluding hydrogens is 342 g/mol. The minimum absolute atomic E-state index is 0.0380. The van der Waals surface area contributed by atoms with Crippen LogP contribution in [0.2, 0.25) is 0 Å². The molecule has 4 atom stereocenters. The van der Waals surface area contributed by atoms with E-state index < -0.39 is 31.1 Å². The molecule has 3 rings (SSSR count). The van der Waals surface area contributed by atoms with Gasteiger partial charge < -0.3 is 36.4 Å². The first-order valence-corrected chi connectivity index (χ1v) is 7.97. The number of nitrogens with zero attached hydrogens (tertiary/aromatic N) is 3. The standard InChI is InChI=1S/C16H21N5O5/c17-14(20-25-7-9-4-2-1-3-5-9)11-15(18)21(8-19-11)16-13(24)12(23)10(6-22)26-16/h1-5,8,10,12-13,16,22-24H,6-7,18H2,(H2,17,20). The van der Waals surface area contributed by atoms with Gasteiger partial charge in [-0.2, -0.15) is 0 Å². The van der Waals surface area contributed by atoms with Crippen molar-refractivity contribution in [1.29, 1.82) is 0 Å². The Kier molecular flexibility index (Phi) is 5.38. The van der Waals surface area contributed by atoms with Crippen LogP contribution < -0.4 is 11.5 Å². The van der Waals surface area contributed by atoms with Gasteiger partial charge in [0.1, 0.15) is 30.7 Å². The number of rotatable bonds is 6. The molecule has 0 saturated carbocycles. The van der Waals surface area contributed by atoms with Crippen molar-refractivity contribution >= 4 is 11.7 Å². The summed E-state index contributed by atoms with van der Waals surface area (Å²) in [7, 11) is 0. The van der Waals surface area contributed by atoms with Crippen molar-refractivity contribution in [2.24, 2.45) is 10.9 Å². The van der Waals surface area contributed by atoms with E-state index in [-0.39, 0.29) is 24.0 Å². The maximum absolute atomic E-state index is 10.1. The normalized spacial score (nSPS) is 26.2. The fourth-order valence-electron chi connectivity index (χ4n) is 2.67. The number of benzene rings is 1. The molecule has 10 heteroatoms. The third kappa shape index (κ3) is 3.48. The molecule has 0 spiro atoms. The number of oxime groups is 1. The van der Waals surface area contributed by atoms with Crippen LogP contribution in [0.3, 0.4) is 0 Å². The number of nitrogens with two attached hydrogens (primary N) is 2. The van der Waals surface area contributed by atoms with E-state index >= 15 is 0 Å². The zero-order valence-corrected chi connectivity index (χ0v) is 13.8. The van der Waals surface area contributed by atoms with Crippen molar-refractivity contribution in [3.63, 3.8) is 0 Å². The first kappa shape index (κ1) is 18.1. The highest BCUT2D eigenvalue weighted by molar-refractivity contribution is 5.99. The summed E-state index contributed by atoms with van der Waals surface area (Å²) in [5, 5.41) is 32.9. The summed E-state index contributed by atoms with van der Waals surface area (Å²) in [6, 6.07) is 9.43. The van der Waals surface area contributed by atoms with Crippen LogP contribution in [0, 0.1) is 0 Å². The molecule has 1 fully saturated rings. The number of hydrogen-bond donors (Lipinski definition) is 5. The quantitative estimate of drug-likeness (QED) is 0.246. The minimum Gasteiger partial charge on any atom is -0.394 e. The van der Waals surface area contributed by atoms with Gasteiger partial charge in [0.2, 0.25) is 0 Å². The van der Waals surface area contributed by atoms with Crippen molar-refractivity contribution in [2.45, 2.75) is 31.1 Å². The van der Waals surface area contributed by atoms with E-state index in [0.717, 1.165) is 5.56 Å². The van der Waals surface area contributed by atoms with Crippen LogP contribution in [0.25, 0.3) is 0 Å². The zero-order valence-electron chi connectivity index (χ0n) is 13.8. The molecule has 1 aromatic carbocycles. The highest BCUT2D eigenvalue weighted by Crippen LogP contribution is 2.31. The van der Waals surface area contributed by atoms with Crippen molar-refractivity contribution in [3.8, 4) is 0 Å². The molecule has 1 aliphatic rings. The van der Waals surface area contributed by atoms with E-state index in [1.165, 1.54) is 10.9 Å². The van der Waals surface area contributed by atoms with E-state index in [0.29, 0.717) is 0 Å². The summed E-state index contributed by atoms with van der Waals surface area (Å²) in [4.78, 5) is 9.27. The number of anilines is 1. The molecular formula is C16H21N5O5. The highest BCUT2D eigenvalue weighted by atomic mass is 16.6. The molecule has 1 aromatic heterocycles. The van der Waals surface area contributed by atoms with E-state index in [2.05, 4.69) is 10.1 Å². The first-order chi connectivity index (χ1) is 12.5. The van der Waals surface area contributed by atoms with Crippen molar-refractivity contribution < 1.29 is 24.9 Å². The van der Waals surface area contributed by atoms with Gasteiger partial charge in [-0.05, 0) is 5.56 Å². The van der Waals surface area contributed by atoms with Gasteiger partial charge in [0.05, 0.1) is 12.9 Å². The maximum atomic E-state index is 10.1. The third-order valence-electron chi connectivity index (χ3n) is 4.10. The van der Waals surface area contributed by atoms with Crippen LogP contribution in [0.5, 0.6) is 0 Å². The lowest BCUT2D eigenvalue weighted by Gasteiger charge is -2.17. The van der Waals surface area contributed by atoms with Crippen LogP contribution in [0.1, 0.15) is 17.5 Å². The second kappa shape index (κ2) is 7.70. The Hall–Kier alpha value is -2.66. The summed E-state index contributed by atoms with van der Waals surface area (Å²) >= 11 is 0. The van der Waals surface area contributed by atoms with E-state index in [4.69, 9.17) is 26.1 Å². The Morgan fingerprint density at radius 2 is 2.00 bits per heavy atom. The Labute approximate surface area is 149 Å². The second-order valence-electron chi connectivity index (χ2n) is 5.85. The van der Waals surface area contributed by atoms with Crippen LogP contribution in [-0.2, 0) is 16.2 Å². The molecule has 2 aromatic rings. The Morgan fingerprint density at radius 1 is 1.27 bits per heavy atom. The molecule has 140 valence electrons. The van der Waals surface area contributed by atoms with E-state index in [9.17, 15) is 10.2 Å². The first-order valence-electron chi connectivity index (χ1n) is 7.97. The fourth-order valence-corrected chi connectivity index (χ4v) is 2.67. The van der Waals surface area contributed by atoms with Crippen LogP contribution in [0.15, 0.2) is 41.8 Å². The molecule has 0 bridgehead atoms. The summed E-state index contributed by atoms with van der Waals surface area (Å²) in [5.41, 5.74) is 13.0. The van der Waals surface area contributed by atoms with Gasteiger partial charge in [-0.1, -0.05) is 35.5 Å². The minimum atomic E-state index is -1.27. The number of ether oxygens (including phenoxy) is 1. The second-order valence-corrected chi connectivity index (χ2v) is 5.85. The van der Waals surface area contributed by atoms with Gasteiger partial charge in [0.25, 0.3) is 0 Å². The summed E-state index contributed by atoms with van der Waals surface area (Å²) in [6.45, 7) is -0.204. The molecule has 1 aliphatic heterocycles. The Morgan fingerprint density at radius 3 is 2.65 bits per heavy atom. The highest BCUT2D eigenvalue weighted by Gasteiger charge is 2.44. The van der Waals surface area contributed by atoms with Crippen molar-refractivity contribution in [3.05, 3.63) is 47.9 Å². The average Bonchev–Trinajstić information content (AvgIpc) is 3.16. The molecule has 0 aliphatic carbocycles. The number of aromatic nitrogens is 2. The number of amidine groups is 1. The maximum Gasteiger partial charge on any atom is 0.192 e. The monoisotopic (exact) mass is 363 g/mol. The number of aliphatic hydroxyl groups excluding tert-OH is 3. The molecule has 2 heterocycles. The molecule has 0 radical (unpaired) electrons. The number of imidazole rings is 1. The average molecular weight is 363 g/mol. The van der Waals surface area contributed by atoms with Crippen LogP contribution in [0.4, 0.5) is 5.82 Å². The lowest BCUT2D eigenvalue weighted by atomic mass is 10.1. The van der Waals surface area contributed by atoms with E-state index in [1.54, 1.807) is 0 Å².